The van der Waals surface area contributed by atoms with Crippen molar-refractivity contribution in [3.8, 4) is 5.75 Å². The molecule has 1 aromatic heterocycles. The highest BCUT2D eigenvalue weighted by atomic mass is 32.1. The lowest BCUT2D eigenvalue weighted by Gasteiger charge is -2.21. The molecule has 1 aromatic carbocycles. The maximum absolute atomic E-state index is 5.60. The van der Waals surface area contributed by atoms with E-state index in [0.29, 0.717) is 11.6 Å². The quantitative estimate of drug-likeness (QED) is 0.857. The first-order valence-electron chi connectivity index (χ1n) is 6.35. The third-order valence-electron chi connectivity index (χ3n) is 2.91. The molecule has 0 fully saturated rings. The molecule has 1 heterocycles. The van der Waals surface area contributed by atoms with Crippen LogP contribution in [0.3, 0.4) is 0 Å². The van der Waals surface area contributed by atoms with E-state index in [1.807, 2.05) is 55.3 Å². The van der Waals surface area contributed by atoms with Crippen LogP contribution in [0.25, 0.3) is 0 Å². The minimum absolute atomic E-state index is 0.395. The average Bonchev–Trinajstić information content (AvgIpc) is 2.47. The number of aromatic nitrogens is 1. The van der Waals surface area contributed by atoms with Crippen LogP contribution in [0, 0.1) is 0 Å². The van der Waals surface area contributed by atoms with E-state index in [4.69, 9.17) is 22.7 Å². The topological polar surface area (TPSA) is 51.4 Å². The first-order chi connectivity index (χ1) is 9.63. The van der Waals surface area contributed by atoms with E-state index in [9.17, 15) is 0 Å². The maximum Gasteiger partial charge on any atom is 0.175 e. The summed E-state index contributed by atoms with van der Waals surface area (Å²) in [6.07, 6.45) is 1.75. The van der Waals surface area contributed by atoms with E-state index in [-0.39, 0.29) is 0 Å². The second kappa shape index (κ2) is 6.34. The van der Waals surface area contributed by atoms with Crippen LogP contribution in [-0.2, 0) is 0 Å². The van der Waals surface area contributed by atoms with Crippen LogP contribution in [0.1, 0.15) is 12.5 Å². The van der Waals surface area contributed by atoms with Gasteiger partial charge in [0.25, 0.3) is 0 Å². The lowest BCUT2D eigenvalue weighted by atomic mass is 10.2. The van der Waals surface area contributed by atoms with E-state index < -0.39 is 0 Å². The molecule has 0 saturated heterocycles. The molecule has 0 aliphatic carbocycles. The number of hydrogen-bond donors (Lipinski definition) is 1. The minimum Gasteiger partial charge on any atom is -0.490 e. The molecule has 20 heavy (non-hydrogen) atoms. The highest BCUT2D eigenvalue weighted by molar-refractivity contribution is 7.80. The Hall–Kier alpha value is -2.14. The predicted octanol–water partition coefficient (Wildman–Crippen LogP) is 2.88. The molecule has 0 radical (unpaired) electrons. The number of hydrogen-bond acceptors (Lipinski definition) is 4. The van der Waals surface area contributed by atoms with E-state index in [1.54, 1.807) is 6.20 Å². The average molecular weight is 287 g/mol. The van der Waals surface area contributed by atoms with Crippen molar-refractivity contribution in [2.24, 2.45) is 5.73 Å². The molecule has 0 spiro atoms. The van der Waals surface area contributed by atoms with Crippen LogP contribution in [-0.4, -0.2) is 23.6 Å². The summed E-state index contributed by atoms with van der Waals surface area (Å²) < 4.78 is 5.60. The SMILES string of the molecule is CCOc1cccnc1N(C)c1ccc(C(N)=S)cc1. The lowest BCUT2D eigenvalue weighted by molar-refractivity contribution is 0.340. The zero-order valence-corrected chi connectivity index (χ0v) is 12.4. The van der Waals surface area contributed by atoms with Gasteiger partial charge in [0.1, 0.15) is 4.99 Å². The van der Waals surface area contributed by atoms with E-state index in [0.717, 1.165) is 22.8 Å². The molecule has 0 aliphatic rings. The fourth-order valence-electron chi connectivity index (χ4n) is 1.87. The number of nitrogens with two attached hydrogens (primary N) is 1. The van der Waals surface area contributed by atoms with Gasteiger partial charge in [0.05, 0.1) is 6.61 Å². The van der Waals surface area contributed by atoms with Gasteiger partial charge in [-0.1, -0.05) is 12.2 Å². The lowest BCUT2D eigenvalue weighted by Crippen LogP contribution is -2.14. The standard InChI is InChI=1S/C15H17N3OS/c1-3-19-13-5-4-10-17-15(13)18(2)12-8-6-11(7-9-12)14(16)20/h4-10H,3H2,1-2H3,(H2,16,20). The number of nitrogens with zero attached hydrogens (tertiary/aromatic N) is 2. The summed E-state index contributed by atoms with van der Waals surface area (Å²) in [4.78, 5) is 6.74. The van der Waals surface area contributed by atoms with E-state index >= 15 is 0 Å². The van der Waals surface area contributed by atoms with Gasteiger partial charge < -0.3 is 15.4 Å². The van der Waals surface area contributed by atoms with Gasteiger partial charge in [-0.05, 0) is 43.3 Å². The third kappa shape index (κ3) is 3.05. The Balaban J connectivity index is 2.31. The number of benzene rings is 1. The third-order valence-corrected chi connectivity index (χ3v) is 3.14. The van der Waals surface area contributed by atoms with Gasteiger partial charge in [0.15, 0.2) is 11.6 Å². The molecule has 0 saturated carbocycles. The Morgan fingerprint density at radius 1 is 1.30 bits per heavy atom. The molecule has 0 unspecified atom stereocenters. The Morgan fingerprint density at radius 3 is 2.60 bits per heavy atom. The number of thiocarbonyl (C=S) groups is 1. The molecular formula is C15H17N3OS. The van der Waals surface area contributed by atoms with Crippen molar-refractivity contribution in [2.45, 2.75) is 6.92 Å². The first kappa shape index (κ1) is 14.3. The highest BCUT2D eigenvalue weighted by Gasteiger charge is 2.11. The van der Waals surface area contributed by atoms with Crippen molar-refractivity contribution in [3.05, 3.63) is 48.2 Å². The summed E-state index contributed by atoms with van der Waals surface area (Å²) in [5, 5.41) is 0. The molecule has 2 rings (SSSR count). The molecule has 104 valence electrons. The van der Waals surface area contributed by atoms with Crippen molar-refractivity contribution in [1.82, 2.24) is 4.98 Å². The molecule has 0 amide bonds. The number of rotatable bonds is 5. The van der Waals surface area contributed by atoms with E-state index in [2.05, 4.69) is 4.98 Å². The van der Waals surface area contributed by atoms with Crippen LogP contribution in [0.4, 0.5) is 11.5 Å². The Labute approximate surface area is 124 Å². The molecule has 0 aliphatic heterocycles. The zero-order valence-electron chi connectivity index (χ0n) is 11.5. The first-order valence-corrected chi connectivity index (χ1v) is 6.75. The summed E-state index contributed by atoms with van der Waals surface area (Å²) in [6, 6.07) is 11.5. The molecule has 0 atom stereocenters. The van der Waals surface area contributed by atoms with Gasteiger partial charge in [-0.25, -0.2) is 4.98 Å². The van der Waals surface area contributed by atoms with Gasteiger partial charge in [-0.2, -0.15) is 0 Å². The van der Waals surface area contributed by atoms with Crippen molar-refractivity contribution in [3.63, 3.8) is 0 Å². The Bertz CT molecular complexity index is 598. The maximum atomic E-state index is 5.60. The molecule has 2 aromatic rings. The fourth-order valence-corrected chi connectivity index (χ4v) is 2.01. The predicted molar refractivity (Wildman–Crippen MR) is 85.8 cm³/mol. The monoisotopic (exact) mass is 287 g/mol. The zero-order chi connectivity index (χ0) is 14.5. The number of ether oxygens (including phenoxy) is 1. The largest absolute Gasteiger partial charge is 0.490 e. The summed E-state index contributed by atoms with van der Waals surface area (Å²) in [6.45, 7) is 2.56. The smallest absolute Gasteiger partial charge is 0.175 e. The van der Waals surface area contributed by atoms with E-state index in [1.165, 1.54) is 0 Å². The summed E-state index contributed by atoms with van der Waals surface area (Å²) >= 11 is 4.95. The highest BCUT2D eigenvalue weighted by Crippen LogP contribution is 2.30. The fraction of sp³-hybridized carbons (Fsp3) is 0.200. The van der Waals surface area contributed by atoms with Crippen LogP contribution in [0.2, 0.25) is 0 Å². The van der Waals surface area contributed by atoms with Gasteiger partial charge >= 0.3 is 0 Å². The normalized spacial score (nSPS) is 10.1. The Kier molecular flexibility index (Phi) is 4.53. The van der Waals surface area contributed by atoms with Crippen LogP contribution in [0.5, 0.6) is 5.75 Å². The summed E-state index contributed by atoms with van der Waals surface area (Å²) in [5.41, 5.74) is 7.44. The number of pyridine rings is 1. The number of anilines is 2. The summed E-state index contributed by atoms with van der Waals surface area (Å²) in [5.74, 6) is 1.54. The van der Waals surface area contributed by atoms with Crippen molar-refractivity contribution < 1.29 is 4.74 Å². The summed E-state index contributed by atoms with van der Waals surface area (Å²) in [7, 11) is 1.95. The molecule has 2 N–H and O–H groups in total. The van der Waals surface area contributed by atoms with Gasteiger partial charge in [-0.3, -0.25) is 0 Å². The molecule has 4 nitrogen and oxygen atoms in total. The van der Waals surface area contributed by atoms with Gasteiger partial charge in [0.2, 0.25) is 0 Å². The van der Waals surface area contributed by atoms with Crippen LogP contribution in [0.15, 0.2) is 42.6 Å². The molecule has 5 heteroatoms. The van der Waals surface area contributed by atoms with Crippen molar-refractivity contribution >= 4 is 28.7 Å². The Morgan fingerprint density at radius 2 is 2.00 bits per heavy atom. The molecule has 0 bridgehead atoms. The van der Waals surface area contributed by atoms with Crippen molar-refractivity contribution in [1.29, 1.82) is 0 Å². The minimum atomic E-state index is 0.395. The second-order valence-electron chi connectivity index (χ2n) is 4.23. The van der Waals surface area contributed by atoms with Crippen molar-refractivity contribution in [2.75, 3.05) is 18.6 Å². The van der Waals surface area contributed by atoms with Gasteiger partial charge in [0, 0.05) is 24.5 Å². The second-order valence-corrected chi connectivity index (χ2v) is 4.67. The van der Waals surface area contributed by atoms with Gasteiger partial charge in [-0.15, -0.1) is 0 Å². The molecular weight excluding hydrogens is 270 g/mol. The van der Waals surface area contributed by atoms with Crippen LogP contribution < -0.4 is 15.4 Å². The van der Waals surface area contributed by atoms with Crippen LogP contribution >= 0.6 is 12.2 Å².